The van der Waals surface area contributed by atoms with Crippen LogP contribution in [0.3, 0.4) is 0 Å². The summed E-state index contributed by atoms with van der Waals surface area (Å²) in [4.78, 5) is 11.8. The Labute approximate surface area is 132 Å². The van der Waals surface area contributed by atoms with E-state index in [1.54, 1.807) is 0 Å². The van der Waals surface area contributed by atoms with Crippen molar-refractivity contribution in [2.75, 3.05) is 5.73 Å². The molecule has 0 saturated heterocycles. The molecule has 3 nitrogen and oxygen atoms in total. The third-order valence-corrected chi connectivity index (χ3v) is 3.24. The monoisotopic (exact) mass is 297 g/mol. The van der Waals surface area contributed by atoms with Crippen LogP contribution in [-0.4, -0.2) is 11.6 Å². The van der Waals surface area contributed by atoms with Crippen molar-refractivity contribution < 1.29 is 9.53 Å². The first-order chi connectivity index (χ1) is 10.3. The summed E-state index contributed by atoms with van der Waals surface area (Å²) in [5.74, 6) is -0.175. The molecule has 0 spiro atoms. The lowest BCUT2D eigenvalue weighted by Crippen LogP contribution is -2.24. The molecule has 2 aromatic carbocycles. The fraction of sp³-hybridized carbons (Fsp3) is 0.316. The van der Waals surface area contributed by atoms with Gasteiger partial charge in [0, 0.05) is 17.7 Å². The maximum atomic E-state index is 11.8. The first-order valence-corrected chi connectivity index (χ1v) is 7.51. The van der Waals surface area contributed by atoms with Crippen LogP contribution in [0, 0.1) is 0 Å². The Hall–Kier alpha value is -2.29. The minimum atomic E-state index is -0.437. The van der Waals surface area contributed by atoms with Crippen LogP contribution >= 0.6 is 0 Å². The molecule has 2 N–H and O–H groups in total. The first-order valence-electron chi connectivity index (χ1n) is 7.51. The van der Waals surface area contributed by atoms with Crippen molar-refractivity contribution in [3.63, 3.8) is 0 Å². The van der Waals surface area contributed by atoms with Gasteiger partial charge in [-0.05, 0) is 50.5 Å². The van der Waals surface area contributed by atoms with Gasteiger partial charge in [-0.3, -0.25) is 4.79 Å². The van der Waals surface area contributed by atoms with Gasteiger partial charge in [0.25, 0.3) is 0 Å². The van der Waals surface area contributed by atoms with E-state index in [9.17, 15) is 4.79 Å². The number of anilines is 1. The molecule has 0 bridgehead atoms. The molecule has 3 heteroatoms. The maximum absolute atomic E-state index is 11.8. The molecule has 0 radical (unpaired) electrons. The molecule has 0 saturated carbocycles. The summed E-state index contributed by atoms with van der Waals surface area (Å²) in [5, 5.41) is 0. The molecule has 0 aliphatic rings. The first kappa shape index (κ1) is 16.1. The number of carbonyl (C=O) groups is 1. The molecular weight excluding hydrogens is 274 g/mol. The van der Waals surface area contributed by atoms with Crippen molar-refractivity contribution in [2.24, 2.45) is 0 Å². The number of ether oxygens (including phenoxy) is 1. The molecule has 0 aromatic heterocycles. The lowest BCUT2D eigenvalue weighted by Gasteiger charge is -2.19. The van der Waals surface area contributed by atoms with Crippen molar-refractivity contribution in [2.45, 2.75) is 39.2 Å². The highest BCUT2D eigenvalue weighted by molar-refractivity contribution is 5.77. The third kappa shape index (κ3) is 4.62. The highest BCUT2D eigenvalue weighted by atomic mass is 16.6. The van der Waals surface area contributed by atoms with Crippen molar-refractivity contribution in [3.05, 3.63) is 54.1 Å². The molecule has 0 heterocycles. The number of hydrogen-bond donors (Lipinski definition) is 1. The SMILES string of the molecule is CC(C)(C)OC(=O)CCc1ccc(N)c(-c2ccccc2)c1. The molecule has 0 atom stereocenters. The van der Waals surface area contributed by atoms with Crippen LogP contribution in [0.4, 0.5) is 5.69 Å². The Bertz CT molecular complexity index is 642. The minimum Gasteiger partial charge on any atom is -0.460 e. The zero-order valence-corrected chi connectivity index (χ0v) is 13.4. The second kappa shape index (κ2) is 6.65. The quantitative estimate of drug-likeness (QED) is 0.679. The second-order valence-electron chi connectivity index (χ2n) is 6.37. The number of aryl methyl sites for hydroxylation is 1. The molecule has 116 valence electrons. The third-order valence-electron chi connectivity index (χ3n) is 3.24. The highest BCUT2D eigenvalue weighted by Crippen LogP contribution is 2.27. The summed E-state index contributed by atoms with van der Waals surface area (Å²) < 4.78 is 5.33. The average Bonchev–Trinajstić information content (AvgIpc) is 2.45. The Morgan fingerprint density at radius 3 is 2.41 bits per heavy atom. The molecule has 0 fully saturated rings. The van der Waals surface area contributed by atoms with Crippen molar-refractivity contribution in [1.29, 1.82) is 0 Å². The highest BCUT2D eigenvalue weighted by Gasteiger charge is 2.16. The average molecular weight is 297 g/mol. The lowest BCUT2D eigenvalue weighted by molar-refractivity contribution is -0.154. The minimum absolute atomic E-state index is 0.175. The van der Waals surface area contributed by atoms with E-state index >= 15 is 0 Å². The van der Waals surface area contributed by atoms with Gasteiger partial charge in [-0.25, -0.2) is 0 Å². The van der Waals surface area contributed by atoms with Crippen LogP contribution in [0.25, 0.3) is 11.1 Å². The van der Waals surface area contributed by atoms with Gasteiger partial charge in [-0.15, -0.1) is 0 Å². The molecule has 22 heavy (non-hydrogen) atoms. The summed E-state index contributed by atoms with van der Waals surface area (Å²) in [5.41, 5.74) is 9.54. The maximum Gasteiger partial charge on any atom is 0.306 e. The lowest BCUT2D eigenvalue weighted by atomic mass is 9.99. The number of hydrogen-bond acceptors (Lipinski definition) is 3. The summed E-state index contributed by atoms with van der Waals surface area (Å²) in [6, 6.07) is 15.9. The fourth-order valence-electron chi connectivity index (χ4n) is 2.27. The van der Waals surface area contributed by atoms with Crippen molar-refractivity contribution >= 4 is 11.7 Å². The Morgan fingerprint density at radius 1 is 1.09 bits per heavy atom. The predicted octanol–water partition coefficient (Wildman–Crippen LogP) is 4.21. The van der Waals surface area contributed by atoms with Crippen LogP contribution in [0.1, 0.15) is 32.8 Å². The van der Waals surface area contributed by atoms with Gasteiger partial charge in [-0.2, -0.15) is 0 Å². The van der Waals surface area contributed by atoms with E-state index in [0.29, 0.717) is 12.8 Å². The standard InChI is InChI=1S/C19H23NO2/c1-19(2,3)22-18(21)12-10-14-9-11-17(20)16(13-14)15-7-5-4-6-8-15/h4-9,11,13H,10,12,20H2,1-3H3. The number of esters is 1. The van der Waals surface area contributed by atoms with E-state index in [4.69, 9.17) is 10.5 Å². The zero-order valence-electron chi connectivity index (χ0n) is 13.4. The van der Waals surface area contributed by atoms with Gasteiger partial charge in [0.15, 0.2) is 0 Å². The van der Waals surface area contributed by atoms with Gasteiger partial charge in [0.2, 0.25) is 0 Å². The molecule has 2 rings (SSSR count). The van der Waals surface area contributed by atoms with Gasteiger partial charge < -0.3 is 10.5 Å². The van der Waals surface area contributed by atoms with Crippen LogP contribution < -0.4 is 5.73 Å². The summed E-state index contributed by atoms with van der Waals surface area (Å²) in [6.45, 7) is 5.63. The molecule has 0 unspecified atom stereocenters. The smallest absolute Gasteiger partial charge is 0.306 e. The van der Waals surface area contributed by atoms with E-state index in [1.807, 2.05) is 63.2 Å². The zero-order chi connectivity index (χ0) is 16.2. The summed E-state index contributed by atoms with van der Waals surface area (Å²) in [6.07, 6.45) is 1.02. The van der Waals surface area contributed by atoms with E-state index in [0.717, 1.165) is 22.4 Å². The number of nitrogen functional groups attached to an aromatic ring is 1. The van der Waals surface area contributed by atoms with E-state index < -0.39 is 5.60 Å². The van der Waals surface area contributed by atoms with E-state index in [2.05, 4.69) is 6.07 Å². The van der Waals surface area contributed by atoms with E-state index in [-0.39, 0.29) is 5.97 Å². The van der Waals surface area contributed by atoms with Gasteiger partial charge >= 0.3 is 5.97 Å². The number of rotatable bonds is 4. The molecule has 2 aromatic rings. The van der Waals surface area contributed by atoms with Crippen LogP contribution in [0.5, 0.6) is 0 Å². The molecule has 0 amide bonds. The Balaban J connectivity index is 2.09. The second-order valence-corrected chi connectivity index (χ2v) is 6.37. The van der Waals surface area contributed by atoms with Gasteiger partial charge in [0.05, 0.1) is 0 Å². The molecule has 0 aliphatic carbocycles. The molecule has 0 aliphatic heterocycles. The number of carbonyl (C=O) groups excluding carboxylic acids is 1. The Morgan fingerprint density at radius 2 is 1.77 bits per heavy atom. The van der Waals surface area contributed by atoms with Crippen LogP contribution in [0.15, 0.2) is 48.5 Å². The van der Waals surface area contributed by atoms with Crippen LogP contribution in [-0.2, 0) is 16.0 Å². The predicted molar refractivity (Wildman–Crippen MR) is 90.5 cm³/mol. The van der Waals surface area contributed by atoms with Gasteiger partial charge in [-0.1, -0.05) is 36.4 Å². The Kier molecular flexibility index (Phi) is 4.86. The largest absolute Gasteiger partial charge is 0.460 e. The van der Waals surface area contributed by atoms with Gasteiger partial charge in [0.1, 0.15) is 5.60 Å². The topological polar surface area (TPSA) is 52.3 Å². The van der Waals surface area contributed by atoms with Crippen molar-refractivity contribution in [1.82, 2.24) is 0 Å². The van der Waals surface area contributed by atoms with Crippen molar-refractivity contribution in [3.8, 4) is 11.1 Å². The number of nitrogens with two attached hydrogens (primary N) is 1. The fourth-order valence-corrected chi connectivity index (χ4v) is 2.27. The summed E-state index contributed by atoms with van der Waals surface area (Å²) >= 11 is 0. The normalized spacial score (nSPS) is 11.2. The number of benzene rings is 2. The van der Waals surface area contributed by atoms with Crippen LogP contribution in [0.2, 0.25) is 0 Å². The molecular formula is C19H23NO2. The van der Waals surface area contributed by atoms with E-state index in [1.165, 1.54) is 0 Å². The summed E-state index contributed by atoms with van der Waals surface area (Å²) in [7, 11) is 0.